The number of carbonyl (C=O) groups excluding carboxylic acids is 1. The molecule has 2 aromatic heterocycles. The zero-order valence-corrected chi connectivity index (χ0v) is 8.97. The van der Waals surface area contributed by atoms with Crippen LogP contribution in [0.15, 0.2) is 23.1 Å². The first-order valence-electron chi connectivity index (χ1n) is 3.90. The minimum absolute atomic E-state index is 0.517. The first-order valence-corrected chi connectivity index (χ1v) is 4.69. The number of carbonyl (C=O) groups is 1. The summed E-state index contributed by atoms with van der Waals surface area (Å²) in [6.07, 6.45) is 5.80. The number of hydrogen-bond acceptors (Lipinski definition) is 3. The molecule has 0 radical (unpaired) electrons. The Labute approximate surface area is 88.5 Å². The molecule has 0 unspecified atom stereocenters. The molecule has 72 valence electrons. The smallest absolute Gasteiger partial charge is 0.185 e. The highest BCUT2D eigenvalue weighted by atomic mass is 79.9. The number of nitrogens with zero attached hydrogens (tertiary/aromatic N) is 4. The van der Waals surface area contributed by atoms with Crippen LogP contribution in [0.2, 0.25) is 0 Å². The Morgan fingerprint density at radius 1 is 1.50 bits per heavy atom. The average molecular weight is 255 g/mol. The van der Waals surface area contributed by atoms with E-state index < -0.39 is 0 Å². The van der Waals surface area contributed by atoms with Gasteiger partial charge in [0.25, 0.3) is 0 Å². The number of aromatic nitrogens is 4. The molecule has 0 saturated carbocycles. The molecule has 6 heteroatoms. The molecule has 0 saturated heterocycles. The summed E-state index contributed by atoms with van der Waals surface area (Å²) in [6.45, 7) is 0. The molecule has 0 amide bonds. The first kappa shape index (κ1) is 9.14. The third-order valence-corrected chi connectivity index (χ3v) is 2.14. The largest absolute Gasteiger partial charge is 0.298 e. The van der Waals surface area contributed by atoms with E-state index in [1.54, 1.807) is 35.0 Å². The third-order valence-electron chi connectivity index (χ3n) is 1.73. The number of hydrogen-bond donors (Lipinski definition) is 0. The first-order chi connectivity index (χ1) is 6.70. The molecule has 0 fully saturated rings. The van der Waals surface area contributed by atoms with Gasteiger partial charge in [-0.1, -0.05) is 0 Å². The van der Waals surface area contributed by atoms with Crippen molar-refractivity contribution in [1.29, 1.82) is 0 Å². The maximum absolute atomic E-state index is 10.7. The summed E-state index contributed by atoms with van der Waals surface area (Å²) in [6, 6.07) is 0. The quantitative estimate of drug-likeness (QED) is 0.757. The summed E-state index contributed by atoms with van der Waals surface area (Å²) in [7, 11) is 1.76. The van der Waals surface area contributed by atoms with Crippen molar-refractivity contribution in [2.24, 2.45) is 7.05 Å². The van der Waals surface area contributed by atoms with Crippen molar-refractivity contribution in [2.75, 3.05) is 0 Å². The van der Waals surface area contributed by atoms with Crippen LogP contribution in [0.1, 0.15) is 10.4 Å². The molecule has 2 heterocycles. The predicted molar refractivity (Wildman–Crippen MR) is 53.4 cm³/mol. The zero-order valence-electron chi connectivity index (χ0n) is 7.38. The molecular weight excluding hydrogens is 248 g/mol. The van der Waals surface area contributed by atoms with Crippen molar-refractivity contribution >= 4 is 22.2 Å². The predicted octanol–water partition coefficient (Wildman–Crippen LogP) is 1.18. The molecule has 2 aromatic rings. The van der Waals surface area contributed by atoms with E-state index in [4.69, 9.17) is 0 Å². The van der Waals surface area contributed by atoms with Crippen LogP contribution in [0.5, 0.6) is 0 Å². The molecule has 5 nitrogen and oxygen atoms in total. The van der Waals surface area contributed by atoms with Gasteiger partial charge in [-0.05, 0) is 15.9 Å². The van der Waals surface area contributed by atoms with Gasteiger partial charge in [-0.2, -0.15) is 10.2 Å². The van der Waals surface area contributed by atoms with Crippen LogP contribution in [-0.4, -0.2) is 25.8 Å². The van der Waals surface area contributed by atoms with Gasteiger partial charge in [0, 0.05) is 19.4 Å². The highest BCUT2D eigenvalue weighted by molar-refractivity contribution is 9.10. The highest BCUT2D eigenvalue weighted by Gasteiger charge is 2.09. The second kappa shape index (κ2) is 3.38. The van der Waals surface area contributed by atoms with E-state index in [0.29, 0.717) is 11.4 Å². The molecule has 0 aromatic carbocycles. The van der Waals surface area contributed by atoms with Crippen molar-refractivity contribution < 1.29 is 4.79 Å². The summed E-state index contributed by atoms with van der Waals surface area (Å²) in [5.41, 5.74) is 0.517. The van der Waals surface area contributed by atoms with Crippen LogP contribution in [0.3, 0.4) is 0 Å². The number of rotatable bonds is 2. The fraction of sp³-hybridized carbons (Fsp3) is 0.125. The van der Waals surface area contributed by atoms with Crippen LogP contribution in [-0.2, 0) is 7.05 Å². The molecule has 0 spiro atoms. The fourth-order valence-corrected chi connectivity index (χ4v) is 1.46. The SMILES string of the molecule is Cn1cc(C=O)c(-n2cc(Br)cn2)n1. The second-order valence-electron chi connectivity index (χ2n) is 2.80. The lowest BCUT2D eigenvalue weighted by Gasteiger charge is -1.94. The van der Waals surface area contributed by atoms with Gasteiger partial charge in [0.1, 0.15) is 0 Å². The van der Waals surface area contributed by atoms with Gasteiger partial charge in [-0.15, -0.1) is 0 Å². The Morgan fingerprint density at radius 3 is 2.86 bits per heavy atom. The second-order valence-corrected chi connectivity index (χ2v) is 3.72. The molecule has 0 atom stereocenters. The van der Waals surface area contributed by atoms with Gasteiger partial charge in [0.05, 0.1) is 16.2 Å². The van der Waals surface area contributed by atoms with Crippen molar-refractivity contribution in [2.45, 2.75) is 0 Å². The molecule has 0 aliphatic heterocycles. The Kier molecular flexibility index (Phi) is 2.20. The lowest BCUT2D eigenvalue weighted by atomic mass is 10.4. The van der Waals surface area contributed by atoms with Crippen molar-refractivity contribution in [1.82, 2.24) is 19.6 Å². The molecule has 0 N–H and O–H groups in total. The zero-order chi connectivity index (χ0) is 10.1. The van der Waals surface area contributed by atoms with E-state index in [2.05, 4.69) is 26.1 Å². The number of halogens is 1. The maximum atomic E-state index is 10.7. The summed E-state index contributed by atoms with van der Waals surface area (Å²) in [4.78, 5) is 10.7. The van der Waals surface area contributed by atoms with Gasteiger partial charge in [-0.25, -0.2) is 4.68 Å². The Balaban J connectivity index is 2.55. The van der Waals surface area contributed by atoms with Crippen molar-refractivity contribution in [3.05, 3.63) is 28.6 Å². The van der Waals surface area contributed by atoms with Gasteiger partial charge < -0.3 is 0 Å². The normalized spacial score (nSPS) is 10.4. The van der Waals surface area contributed by atoms with Gasteiger partial charge in [0.2, 0.25) is 0 Å². The number of aryl methyl sites for hydroxylation is 1. The maximum Gasteiger partial charge on any atom is 0.185 e. The molecule has 0 aliphatic carbocycles. The molecular formula is C8H7BrN4O. The summed E-state index contributed by atoms with van der Waals surface area (Å²) >= 11 is 3.28. The van der Waals surface area contributed by atoms with Crippen LogP contribution in [0.4, 0.5) is 0 Å². The lowest BCUT2D eigenvalue weighted by molar-refractivity contribution is 0.112. The average Bonchev–Trinajstić information content (AvgIpc) is 2.71. The van der Waals surface area contributed by atoms with Crippen LogP contribution in [0, 0.1) is 0 Å². The van der Waals surface area contributed by atoms with Gasteiger partial charge in [-0.3, -0.25) is 9.48 Å². The monoisotopic (exact) mass is 254 g/mol. The molecule has 2 rings (SSSR count). The summed E-state index contributed by atoms with van der Waals surface area (Å²) < 4.78 is 3.97. The van der Waals surface area contributed by atoms with E-state index >= 15 is 0 Å². The Hall–Kier alpha value is -1.43. The molecule has 0 aliphatic rings. The number of aldehydes is 1. The van der Waals surface area contributed by atoms with Crippen LogP contribution < -0.4 is 0 Å². The lowest BCUT2D eigenvalue weighted by Crippen LogP contribution is -1.99. The van der Waals surface area contributed by atoms with Crippen molar-refractivity contribution in [3.8, 4) is 5.82 Å². The minimum atomic E-state index is 0.517. The van der Waals surface area contributed by atoms with E-state index in [1.165, 1.54) is 0 Å². The van der Waals surface area contributed by atoms with E-state index in [0.717, 1.165) is 10.8 Å². The summed E-state index contributed by atoms with van der Waals surface area (Å²) in [5.74, 6) is 0.535. The Bertz CT molecular complexity index is 473. The minimum Gasteiger partial charge on any atom is -0.298 e. The van der Waals surface area contributed by atoms with E-state index in [9.17, 15) is 4.79 Å². The van der Waals surface area contributed by atoms with Crippen molar-refractivity contribution in [3.63, 3.8) is 0 Å². The van der Waals surface area contributed by atoms with Gasteiger partial charge >= 0.3 is 0 Å². The van der Waals surface area contributed by atoms with Crippen LogP contribution in [0.25, 0.3) is 5.82 Å². The fourth-order valence-electron chi connectivity index (χ4n) is 1.17. The summed E-state index contributed by atoms with van der Waals surface area (Å²) in [5, 5.41) is 8.17. The topological polar surface area (TPSA) is 52.7 Å². The highest BCUT2D eigenvalue weighted by Crippen LogP contribution is 2.13. The standard InChI is InChI=1S/C8H7BrN4O/c1-12-3-6(5-14)8(11-12)13-4-7(9)2-10-13/h2-5H,1H3. The molecule has 0 bridgehead atoms. The van der Waals surface area contributed by atoms with E-state index in [1.807, 2.05) is 0 Å². The van der Waals surface area contributed by atoms with Gasteiger partial charge in [0.15, 0.2) is 12.1 Å². The Morgan fingerprint density at radius 2 is 2.29 bits per heavy atom. The van der Waals surface area contributed by atoms with E-state index in [-0.39, 0.29) is 0 Å². The third kappa shape index (κ3) is 1.48. The molecule has 14 heavy (non-hydrogen) atoms. The van der Waals surface area contributed by atoms with Crippen LogP contribution >= 0.6 is 15.9 Å².